The number of aryl methyl sites for hydroxylation is 2. The first-order valence-corrected chi connectivity index (χ1v) is 8.21. The van der Waals surface area contributed by atoms with Crippen LogP contribution in [0.2, 0.25) is 0 Å². The zero-order chi connectivity index (χ0) is 16.1. The van der Waals surface area contributed by atoms with Crippen molar-refractivity contribution >= 4 is 18.3 Å². The molecule has 5 heteroatoms. The van der Waals surface area contributed by atoms with Gasteiger partial charge >= 0.3 is 0 Å². The molecule has 0 radical (unpaired) electrons. The maximum absolute atomic E-state index is 12.3. The van der Waals surface area contributed by atoms with Gasteiger partial charge in [-0.3, -0.25) is 4.79 Å². The monoisotopic (exact) mass is 340 g/mol. The van der Waals surface area contributed by atoms with Gasteiger partial charge < -0.3 is 15.4 Å². The summed E-state index contributed by atoms with van der Waals surface area (Å²) in [4.78, 5) is 14.3. The molecule has 0 bridgehead atoms. The molecule has 23 heavy (non-hydrogen) atoms. The fourth-order valence-corrected chi connectivity index (χ4v) is 2.93. The molecular formula is C18H29ClN2O2. The topological polar surface area (TPSA) is 55.6 Å². The van der Waals surface area contributed by atoms with E-state index in [1.54, 1.807) is 0 Å². The molecule has 1 aliphatic heterocycles. The van der Waals surface area contributed by atoms with Crippen LogP contribution in [0.3, 0.4) is 0 Å². The summed E-state index contributed by atoms with van der Waals surface area (Å²) in [7, 11) is 0. The molecule has 4 nitrogen and oxygen atoms in total. The number of hydrogen-bond acceptors (Lipinski definition) is 3. The van der Waals surface area contributed by atoms with Crippen molar-refractivity contribution in [2.75, 3.05) is 19.7 Å². The minimum absolute atomic E-state index is 0. The van der Waals surface area contributed by atoms with E-state index in [2.05, 4.69) is 6.07 Å². The fraction of sp³-hybridized carbons (Fsp3) is 0.611. The second-order valence-corrected chi connectivity index (χ2v) is 6.47. The van der Waals surface area contributed by atoms with Gasteiger partial charge in [-0.15, -0.1) is 12.4 Å². The van der Waals surface area contributed by atoms with E-state index in [0.29, 0.717) is 18.9 Å². The van der Waals surface area contributed by atoms with Crippen molar-refractivity contribution in [1.82, 2.24) is 4.90 Å². The van der Waals surface area contributed by atoms with E-state index in [1.807, 2.05) is 37.8 Å². The summed E-state index contributed by atoms with van der Waals surface area (Å²) in [6, 6.07) is 6.29. The van der Waals surface area contributed by atoms with Crippen molar-refractivity contribution in [3.8, 4) is 5.75 Å². The smallest absolute Gasteiger partial charge is 0.226 e. The molecule has 130 valence electrons. The van der Waals surface area contributed by atoms with Crippen LogP contribution in [0, 0.1) is 19.8 Å². The number of benzene rings is 1. The Kier molecular flexibility index (Phi) is 7.86. The SMILES string of the molecule is Cc1ccc(C)c(OCCC(=O)N2CCCC(C(C)N)C2)c1.Cl. The van der Waals surface area contributed by atoms with Gasteiger partial charge in [0.15, 0.2) is 0 Å². The molecule has 1 amide bonds. The number of piperidine rings is 1. The Balaban J connectivity index is 0.00000264. The lowest BCUT2D eigenvalue weighted by molar-refractivity contribution is -0.133. The molecule has 1 aromatic rings. The number of nitrogens with two attached hydrogens (primary N) is 1. The molecule has 1 heterocycles. The number of hydrogen-bond donors (Lipinski definition) is 1. The predicted molar refractivity (Wildman–Crippen MR) is 96.2 cm³/mol. The maximum atomic E-state index is 12.3. The number of carbonyl (C=O) groups is 1. The number of carbonyl (C=O) groups excluding carboxylic acids is 1. The molecule has 0 saturated carbocycles. The fourth-order valence-electron chi connectivity index (χ4n) is 2.93. The highest BCUT2D eigenvalue weighted by atomic mass is 35.5. The van der Waals surface area contributed by atoms with Gasteiger partial charge in [-0.1, -0.05) is 12.1 Å². The maximum Gasteiger partial charge on any atom is 0.226 e. The van der Waals surface area contributed by atoms with Crippen LogP contribution in [0.1, 0.15) is 37.3 Å². The Morgan fingerprint density at radius 3 is 2.87 bits per heavy atom. The molecule has 2 atom stereocenters. The molecule has 1 aromatic carbocycles. The Labute approximate surface area is 145 Å². The molecule has 0 aromatic heterocycles. The molecule has 1 fully saturated rings. The van der Waals surface area contributed by atoms with Crippen molar-refractivity contribution in [1.29, 1.82) is 0 Å². The third-order valence-corrected chi connectivity index (χ3v) is 4.47. The standard InChI is InChI=1S/C18H28N2O2.ClH/c1-13-6-7-14(2)17(11-13)22-10-8-18(21)20-9-4-5-16(12-20)15(3)19;/h6-7,11,15-16H,4-5,8-10,12,19H2,1-3H3;1H. The summed E-state index contributed by atoms with van der Waals surface area (Å²) < 4.78 is 5.78. The predicted octanol–water partition coefficient (Wildman–Crippen LogP) is 3.08. The summed E-state index contributed by atoms with van der Waals surface area (Å²) in [6.07, 6.45) is 2.61. The second-order valence-electron chi connectivity index (χ2n) is 6.47. The van der Waals surface area contributed by atoms with Crippen LogP contribution < -0.4 is 10.5 Å². The first-order chi connectivity index (χ1) is 10.5. The lowest BCUT2D eigenvalue weighted by Crippen LogP contribution is -2.45. The van der Waals surface area contributed by atoms with Crippen LogP contribution in [-0.2, 0) is 4.79 Å². The van der Waals surface area contributed by atoms with Crippen LogP contribution in [-0.4, -0.2) is 36.5 Å². The minimum atomic E-state index is 0. The van der Waals surface area contributed by atoms with E-state index in [-0.39, 0.29) is 24.4 Å². The van der Waals surface area contributed by atoms with Crippen molar-refractivity contribution < 1.29 is 9.53 Å². The normalized spacial score (nSPS) is 19.0. The first kappa shape index (κ1) is 19.8. The van der Waals surface area contributed by atoms with E-state index in [4.69, 9.17) is 10.5 Å². The Hall–Kier alpha value is -1.26. The van der Waals surface area contributed by atoms with Crippen LogP contribution in [0.15, 0.2) is 18.2 Å². The molecular weight excluding hydrogens is 312 g/mol. The van der Waals surface area contributed by atoms with Crippen LogP contribution in [0.5, 0.6) is 5.75 Å². The van der Waals surface area contributed by atoms with E-state index in [1.165, 1.54) is 5.56 Å². The highest BCUT2D eigenvalue weighted by molar-refractivity contribution is 5.85. The highest BCUT2D eigenvalue weighted by Crippen LogP contribution is 2.21. The number of ether oxygens (including phenoxy) is 1. The summed E-state index contributed by atoms with van der Waals surface area (Å²) >= 11 is 0. The average molecular weight is 341 g/mol. The van der Waals surface area contributed by atoms with Crippen molar-refractivity contribution in [2.45, 2.75) is 46.1 Å². The minimum Gasteiger partial charge on any atom is -0.493 e. The Morgan fingerprint density at radius 1 is 1.43 bits per heavy atom. The number of nitrogens with zero attached hydrogens (tertiary/aromatic N) is 1. The van der Waals surface area contributed by atoms with Gasteiger partial charge in [0.2, 0.25) is 5.91 Å². The zero-order valence-electron chi connectivity index (χ0n) is 14.4. The van der Waals surface area contributed by atoms with E-state index in [9.17, 15) is 4.79 Å². The van der Waals surface area contributed by atoms with Crippen molar-refractivity contribution in [2.24, 2.45) is 11.7 Å². The average Bonchev–Trinajstić information content (AvgIpc) is 2.50. The molecule has 1 saturated heterocycles. The lowest BCUT2D eigenvalue weighted by atomic mass is 9.92. The molecule has 2 N–H and O–H groups in total. The van der Waals surface area contributed by atoms with Gasteiger partial charge in [-0.25, -0.2) is 0 Å². The van der Waals surface area contributed by atoms with Gasteiger partial charge in [0, 0.05) is 19.1 Å². The summed E-state index contributed by atoms with van der Waals surface area (Å²) in [6.45, 7) is 8.17. The third-order valence-electron chi connectivity index (χ3n) is 4.47. The summed E-state index contributed by atoms with van der Waals surface area (Å²) in [5.41, 5.74) is 8.25. The lowest BCUT2D eigenvalue weighted by Gasteiger charge is -2.34. The highest BCUT2D eigenvalue weighted by Gasteiger charge is 2.25. The van der Waals surface area contributed by atoms with Crippen molar-refractivity contribution in [3.63, 3.8) is 0 Å². The summed E-state index contributed by atoms with van der Waals surface area (Å²) in [5, 5.41) is 0. The van der Waals surface area contributed by atoms with E-state index >= 15 is 0 Å². The second kappa shape index (κ2) is 9.14. The zero-order valence-corrected chi connectivity index (χ0v) is 15.2. The van der Waals surface area contributed by atoms with Crippen molar-refractivity contribution in [3.05, 3.63) is 29.3 Å². The van der Waals surface area contributed by atoms with Gasteiger partial charge in [0.05, 0.1) is 13.0 Å². The molecule has 0 spiro atoms. The Morgan fingerprint density at radius 2 is 2.17 bits per heavy atom. The van der Waals surface area contributed by atoms with E-state index in [0.717, 1.165) is 37.2 Å². The number of rotatable bonds is 5. The van der Waals surface area contributed by atoms with Gasteiger partial charge in [-0.05, 0) is 56.7 Å². The van der Waals surface area contributed by atoms with Gasteiger partial charge in [-0.2, -0.15) is 0 Å². The number of halogens is 1. The van der Waals surface area contributed by atoms with Gasteiger partial charge in [0.1, 0.15) is 5.75 Å². The third kappa shape index (κ3) is 5.70. The quantitative estimate of drug-likeness (QED) is 0.896. The number of likely N-dealkylation sites (tertiary alicyclic amines) is 1. The largest absolute Gasteiger partial charge is 0.493 e. The van der Waals surface area contributed by atoms with Crippen LogP contribution in [0.4, 0.5) is 0 Å². The Bertz CT molecular complexity index is 520. The molecule has 1 aliphatic rings. The molecule has 2 unspecified atom stereocenters. The van der Waals surface area contributed by atoms with Crippen LogP contribution in [0.25, 0.3) is 0 Å². The molecule has 2 rings (SSSR count). The number of amides is 1. The van der Waals surface area contributed by atoms with E-state index < -0.39 is 0 Å². The first-order valence-electron chi connectivity index (χ1n) is 8.21. The molecule has 0 aliphatic carbocycles. The van der Waals surface area contributed by atoms with Gasteiger partial charge in [0.25, 0.3) is 0 Å². The summed E-state index contributed by atoms with van der Waals surface area (Å²) in [5.74, 6) is 1.48. The van der Waals surface area contributed by atoms with Crippen LogP contribution >= 0.6 is 12.4 Å².